The lowest BCUT2D eigenvalue weighted by molar-refractivity contribution is -0.138. The van der Waals surface area contributed by atoms with E-state index >= 15 is 0 Å². The number of hydrogen-bond acceptors (Lipinski definition) is 5. The van der Waals surface area contributed by atoms with Crippen molar-refractivity contribution in [2.45, 2.75) is 6.92 Å². The van der Waals surface area contributed by atoms with Crippen molar-refractivity contribution in [1.82, 2.24) is 0 Å². The quantitative estimate of drug-likeness (QED) is 0.580. The third-order valence-corrected chi connectivity index (χ3v) is 2.43. The predicted octanol–water partition coefficient (Wildman–Crippen LogP) is 1.58. The summed E-state index contributed by atoms with van der Waals surface area (Å²) in [6.45, 7) is 5.14. The summed E-state index contributed by atoms with van der Waals surface area (Å²) in [4.78, 5) is 33.2. The molecular weight excluding hydrogens is 280 g/mol. The van der Waals surface area contributed by atoms with Gasteiger partial charge in [-0.2, -0.15) is 0 Å². The van der Waals surface area contributed by atoms with E-state index in [1.54, 1.807) is 6.92 Å². The van der Waals surface area contributed by atoms with Gasteiger partial charge in [-0.1, -0.05) is 6.58 Å². The Bertz CT molecular complexity index is 589. The third kappa shape index (κ3) is 4.34. The van der Waals surface area contributed by atoms with Gasteiger partial charge in [-0.25, -0.2) is 14.4 Å². The molecule has 0 amide bonds. The molecular formula is C14H14O7. The van der Waals surface area contributed by atoms with Crippen LogP contribution in [0.3, 0.4) is 0 Å². The van der Waals surface area contributed by atoms with Crippen molar-refractivity contribution in [3.63, 3.8) is 0 Å². The van der Waals surface area contributed by atoms with Gasteiger partial charge in [-0.15, -0.1) is 0 Å². The Morgan fingerprint density at radius 2 is 1.76 bits per heavy atom. The van der Waals surface area contributed by atoms with Gasteiger partial charge in [-0.3, -0.25) is 0 Å². The summed E-state index contributed by atoms with van der Waals surface area (Å²) in [7, 11) is 0. The number of carbonyl (C=O) groups is 3. The molecule has 1 aromatic carbocycles. The average Bonchev–Trinajstić information content (AvgIpc) is 2.44. The highest BCUT2D eigenvalue weighted by atomic mass is 16.5. The van der Waals surface area contributed by atoms with E-state index in [0.717, 1.165) is 12.1 Å². The molecule has 0 saturated heterocycles. The summed E-state index contributed by atoms with van der Waals surface area (Å²) in [6.07, 6.45) is 0. The second kappa shape index (κ2) is 7.09. The summed E-state index contributed by atoms with van der Waals surface area (Å²) in [5, 5.41) is 17.8. The molecule has 0 aliphatic heterocycles. The topological polar surface area (TPSA) is 110 Å². The van der Waals surface area contributed by atoms with Crippen LogP contribution in [0.1, 0.15) is 27.6 Å². The van der Waals surface area contributed by atoms with Gasteiger partial charge < -0.3 is 19.7 Å². The Hall–Kier alpha value is -2.83. The Labute approximate surface area is 120 Å². The van der Waals surface area contributed by atoms with E-state index in [2.05, 4.69) is 6.58 Å². The molecule has 0 fully saturated rings. The minimum Gasteiger partial charge on any atom is -0.489 e. The molecule has 0 atom stereocenters. The number of rotatable bonds is 7. The first-order chi connectivity index (χ1) is 9.86. The van der Waals surface area contributed by atoms with Gasteiger partial charge in [0.2, 0.25) is 0 Å². The number of esters is 1. The second-order valence-electron chi connectivity index (χ2n) is 3.93. The van der Waals surface area contributed by atoms with Gasteiger partial charge in [0.05, 0.1) is 23.3 Å². The van der Waals surface area contributed by atoms with E-state index in [4.69, 9.17) is 19.7 Å². The minimum absolute atomic E-state index is 0.0658. The number of ether oxygens (including phenoxy) is 2. The number of carbonyl (C=O) groups excluding carboxylic acids is 1. The normalized spacial score (nSPS) is 9.76. The van der Waals surface area contributed by atoms with Gasteiger partial charge in [0, 0.05) is 0 Å². The standard InChI is InChI=1S/C14H14O7/c1-3-20-14(19)8(2)7-21-9-4-5-10(12(15)16)11(6-9)13(17)18/h4-6H,2-3,7H2,1H3,(H,15,16)(H,17,18). The average molecular weight is 294 g/mol. The van der Waals surface area contributed by atoms with Gasteiger partial charge in [0.1, 0.15) is 12.4 Å². The van der Waals surface area contributed by atoms with Crippen molar-refractivity contribution in [3.05, 3.63) is 41.5 Å². The molecule has 2 N–H and O–H groups in total. The summed E-state index contributed by atoms with van der Waals surface area (Å²) in [5.41, 5.74) is -0.683. The van der Waals surface area contributed by atoms with Crippen molar-refractivity contribution < 1.29 is 34.1 Å². The lowest BCUT2D eigenvalue weighted by Gasteiger charge is -2.09. The summed E-state index contributed by atoms with van der Waals surface area (Å²) >= 11 is 0. The Kier molecular flexibility index (Phi) is 5.48. The molecule has 112 valence electrons. The van der Waals surface area contributed by atoms with E-state index in [-0.39, 0.29) is 30.1 Å². The molecule has 7 heteroatoms. The number of benzene rings is 1. The molecule has 0 aliphatic carbocycles. The maximum Gasteiger partial charge on any atom is 0.336 e. The first-order valence-electron chi connectivity index (χ1n) is 5.95. The van der Waals surface area contributed by atoms with E-state index in [9.17, 15) is 14.4 Å². The van der Waals surface area contributed by atoms with E-state index < -0.39 is 23.5 Å². The SMILES string of the molecule is C=C(COc1ccc(C(=O)O)c(C(=O)O)c1)C(=O)OCC. The van der Waals surface area contributed by atoms with Gasteiger partial charge in [-0.05, 0) is 25.1 Å². The minimum atomic E-state index is -1.39. The molecule has 0 heterocycles. The van der Waals surface area contributed by atoms with Crippen LogP contribution >= 0.6 is 0 Å². The molecule has 0 aliphatic rings. The first kappa shape index (κ1) is 16.2. The fourth-order valence-electron chi connectivity index (χ4n) is 1.44. The molecule has 0 saturated carbocycles. The number of hydrogen-bond donors (Lipinski definition) is 2. The van der Waals surface area contributed by atoms with Crippen LogP contribution in [0, 0.1) is 0 Å². The Morgan fingerprint density at radius 3 is 2.29 bits per heavy atom. The van der Waals surface area contributed by atoms with E-state index in [0.29, 0.717) is 0 Å². The van der Waals surface area contributed by atoms with Crippen molar-refractivity contribution in [2.75, 3.05) is 13.2 Å². The first-order valence-corrected chi connectivity index (χ1v) is 5.95. The maximum absolute atomic E-state index is 11.3. The summed E-state index contributed by atoms with van der Waals surface area (Å²) in [6, 6.07) is 3.49. The highest BCUT2D eigenvalue weighted by molar-refractivity contribution is 6.02. The van der Waals surface area contributed by atoms with Crippen molar-refractivity contribution in [1.29, 1.82) is 0 Å². The second-order valence-corrected chi connectivity index (χ2v) is 3.93. The maximum atomic E-state index is 11.3. The molecule has 0 bridgehead atoms. The fourth-order valence-corrected chi connectivity index (χ4v) is 1.44. The Balaban J connectivity index is 2.84. The smallest absolute Gasteiger partial charge is 0.336 e. The summed E-state index contributed by atoms with van der Waals surface area (Å²) in [5.74, 6) is -3.24. The van der Waals surface area contributed by atoms with Crippen LogP contribution in [0.4, 0.5) is 0 Å². The highest BCUT2D eigenvalue weighted by Gasteiger charge is 2.17. The van der Waals surface area contributed by atoms with Crippen LogP contribution in [-0.4, -0.2) is 41.3 Å². The van der Waals surface area contributed by atoms with Crippen LogP contribution in [0.5, 0.6) is 5.75 Å². The molecule has 0 radical (unpaired) electrons. The van der Waals surface area contributed by atoms with Crippen LogP contribution in [0.2, 0.25) is 0 Å². The fraction of sp³-hybridized carbons (Fsp3) is 0.214. The number of carboxylic acids is 2. The van der Waals surface area contributed by atoms with E-state index in [1.807, 2.05) is 0 Å². The molecule has 1 aromatic rings. The summed E-state index contributed by atoms with van der Waals surface area (Å²) < 4.78 is 9.92. The number of aromatic carboxylic acids is 2. The zero-order chi connectivity index (χ0) is 16.0. The third-order valence-electron chi connectivity index (χ3n) is 2.43. The molecule has 1 rings (SSSR count). The zero-order valence-corrected chi connectivity index (χ0v) is 11.3. The van der Waals surface area contributed by atoms with Crippen LogP contribution in [-0.2, 0) is 9.53 Å². The van der Waals surface area contributed by atoms with Crippen molar-refractivity contribution >= 4 is 17.9 Å². The van der Waals surface area contributed by atoms with Gasteiger partial charge in [0.25, 0.3) is 0 Å². The lowest BCUT2D eigenvalue weighted by atomic mass is 10.1. The molecule has 7 nitrogen and oxygen atoms in total. The molecule has 0 aromatic heterocycles. The Morgan fingerprint density at radius 1 is 1.14 bits per heavy atom. The monoisotopic (exact) mass is 294 g/mol. The zero-order valence-electron chi connectivity index (χ0n) is 11.3. The van der Waals surface area contributed by atoms with Crippen LogP contribution in [0.15, 0.2) is 30.4 Å². The predicted molar refractivity (Wildman–Crippen MR) is 71.6 cm³/mol. The van der Waals surface area contributed by atoms with E-state index in [1.165, 1.54) is 6.07 Å². The van der Waals surface area contributed by atoms with Crippen molar-refractivity contribution in [3.8, 4) is 5.75 Å². The van der Waals surface area contributed by atoms with Gasteiger partial charge >= 0.3 is 17.9 Å². The molecule has 21 heavy (non-hydrogen) atoms. The highest BCUT2D eigenvalue weighted by Crippen LogP contribution is 2.19. The van der Waals surface area contributed by atoms with Crippen LogP contribution in [0.25, 0.3) is 0 Å². The van der Waals surface area contributed by atoms with Gasteiger partial charge in [0.15, 0.2) is 0 Å². The lowest BCUT2D eigenvalue weighted by Crippen LogP contribution is -2.14. The van der Waals surface area contributed by atoms with Crippen LogP contribution < -0.4 is 4.74 Å². The molecule has 0 spiro atoms. The number of carboxylic acid groups (broad SMARTS) is 2. The van der Waals surface area contributed by atoms with Crippen molar-refractivity contribution in [2.24, 2.45) is 0 Å². The molecule has 0 unspecified atom stereocenters. The largest absolute Gasteiger partial charge is 0.489 e.